The number of non-ortho nitro benzene ring substituents is 1. The van der Waals surface area contributed by atoms with Gasteiger partial charge in [-0.1, -0.05) is 45.7 Å². The highest BCUT2D eigenvalue weighted by Gasteiger charge is 2.17. The van der Waals surface area contributed by atoms with Gasteiger partial charge in [-0.15, -0.1) is 0 Å². The molecule has 0 spiro atoms. The predicted molar refractivity (Wildman–Crippen MR) is 82.9 cm³/mol. The van der Waals surface area contributed by atoms with Gasteiger partial charge in [0, 0.05) is 24.2 Å². The van der Waals surface area contributed by atoms with Crippen molar-refractivity contribution >= 4 is 5.69 Å². The second kappa shape index (κ2) is 8.69. The van der Waals surface area contributed by atoms with E-state index in [1.807, 2.05) is 6.07 Å². The fourth-order valence-electron chi connectivity index (χ4n) is 2.53. The Balaban J connectivity index is 2.89. The number of nitro groups is 1. The van der Waals surface area contributed by atoms with Gasteiger partial charge in [0.05, 0.1) is 4.92 Å². The Hall–Kier alpha value is -1.42. The lowest BCUT2D eigenvalue weighted by Gasteiger charge is -2.25. The number of hydrogen-bond acceptors (Lipinski definition) is 3. The van der Waals surface area contributed by atoms with E-state index in [0.29, 0.717) is 6.04 Å². The Labute approximate surface area is 121 Å². The summed E-state index contributed by atoms with van der Waals surface area (Å²) < 4.78 is 0. The summed E-state index contributed by atoms with van der Waals surface area (Å²) in [6.07, 6.45) is 5.44. The zero-order chi connectivity index (χ0) is 15.0. The van der Waals surface area contributed by atoms with Crippen molar-refractivity contribution in [3.05, 3.63) is 39.9 Å². The highest BCUT2D eigenvalue weighted by Crippen LogP contribution is 2.24. The fourth-order valence-corrected chi connectivity index (χ4v) is 2.53. The average Bonchev–Trinajstić information content (AvgIpc) is 2.46. The van der Waals surface area contributed by atoms with Crippen LogP contribution in [0.25, 0.3) is 0 Å². The molecule has 0 radical (unpaired) electrons. The van der Waals surface area contributed by atoms with Crippen LogP contribution < -0.4 is 5.32 Å². The van der Waals surface area contributed by atoms with Gasteiger partial charge in [-0.2, -0.15) is 0 Å². The van der Waals surface area contributed by atoms with Gasteiger partial charge < -0.3 is 5.32 Å². The van der Waals surface area contributed by atoms with E-state index < -0.39 is 0 Å². The van der Waals surface area contributed by atoms with Gasteiger partial charge in [0.2, 0.25) is 0 Å². The molecule has 1 rings (SSSR count). The minimum atomic E-state index is -0.324. The Kier molecular flexibility index (Phi) is 7.23. The molecule has 2 unspecified atom stereocenters. The first-order valence-electron chi connectivity index (χ1n) is 7.62. The molecule has 4 heteroatoms. The molecule has 0 aromatic heterocycles. The van der Waals surface area contributed by atoms with E-state index in [9.17, 15) is 10.1 Å². The van der Waals surface area contributed by atoms with Crippen LogP contribution in [0.15, 0.2) is 24.3 Å². The lowest BCUT2D eigenvalue weighted by molar-refractivity contribution is -0.384. The van der Waals surface area contributed by atoms with Crippen molar-refractivity contribution in [1.29, 1.82) is 0 Å². The minimum Gasteiger partial charge on any atom is -0.307 e. The molecular formula is C16H26N2O2. The van der Waals surface area contributed by atoms with Crippen LogP contribution in [0, 0.1) is 10.1 Å². The van der Waals surface area contributed by atoms with E-state index in [0.717, 1.165) is 37.7 Å². The van der Waals surface area contributed by atoms with E-state index in [1.165, 1.54) is 0 Å². The predicted octanol–water partition coefficient (Wildman–Crippen LogP) is 4.60. The highest BCUT2D eigenvalue weighted by atomic mass is 16.6. The van der Waals surface area contributed by atoms with Crippen LogP contribution in [0.3, 0.4) is 0 Å². The maximum absolute atomic E-state index is 10.9. The van der Waals surface area contributed by atoms with Crippen LogP contribution in [0.2, 0.25) is 0 Å². The van der Waals surface area contributed by atoms with Crippen molar-refractivity contribution in [3.63, 3.8) is 0 Å². The van der Waals surface area contributed by atoms with Crippen molar-refractivity contribution < 1.29 is 4.92 Å². The van der Waals surface area contributed by atoms with Crippen LogP contribution in [-0.4, -0.2) is 11.0 Å². The van der Waals surface area contributed by atoms with E-state index in [4.69, 9.17) is 0 Å². The normalized spacial score (nSPS) is 13.9. The summed E-state index contributed by atoms with van der Waals surface area (Å²) in [5.41, 5.74) is 1.20. The minimum absolute atomic E-state index is 0.175. The molecule has 0 saturated carbocycles. The van der Waals surface area contributed by atoms with Crippen molar-refractivity contribution in [1.82, 2.24) is 5.32 Å². The molecule has 0 amide bonds. The Bertz CT molecular complexity index is 421. The molecular weight excluding hydrogens is 252 g/mol. The zero-order valence-corrected chi connectivity index (χ0v) is 12.8. The molecule has 112 valence electrons. The summed E-state index contributed by atoms with van der Waals surface area (Å²) in [7, 11) is 0. The molecule has 0 aliphatic heterocycles. The molecule has 2 atom stereocenters. The van der Waals surface area contributed by atoms with Crippen molar-refractivity contribution in [2.24, 2.45) is 0 Å². The number of hydrogen-bond donors (Lipinski definition) is 1. The third kappa shape index (κ3) is 4.93. The number of benzene rings is 1. The van der Waals surface area contributed by atoms with Gasteiger partial charge in [0.1, 0.15) is 0 Å². The summed E-state index contributed by atoms with van der Waals surface area (Å²) in [5, 5.41) is 14.6. The molecule has 0 aliphatic rings. The lowest BCUT2D eigenvalue weighted by Crippen LogP contribution is -2.32. The largest absolute Gasteiger partial charge is 0.307 e. The molecule has 1 N–H and O–H groups in total. The number of nitro benzene ring substituents is 1. The number of nitrogens with zero attached hydrogens (tertiary/aromatic N) is 1. The summed E-state index contributed by atoms with van der Waals surface area (Å²) in [6.45, 7) is 6.52. The number of rotatable bonds is 9. The molecule has 1 aromatic rings. The highest BCUT2D eigenvalue weighted by molar-refractivity contribution is 5.35. The maximum Gasteiger partial charge on any atom is 0.269 e. The summed E-state index contributed by atoms with van der Waals surface area (Å²) in [4.78, 5) is 10.6. The van der Waals surface area contributed by atoms with Gasteiger partial charge in [0.25, 0.3) is 5.69 Å². The Morgan fingerprint density at radius 1 is 1.20 bits per heavy atom. The molecule has 0 fully saturated rings. The quantitative estimate of drug-likeness (QED) is 0.530. The average molecular weight is 278 g/mol. The molecule has 20 heavy (non-hydrogen) atoms. The monoisotopic (exact) mass is 278 g/mol. The molecule has 4 nitrogen and oxygen atoms in total. The van der Waals surface area contributed by atoms with Gasteiger partial charge >= 0.3 is 0 Å². The van der Waals surface area contributed by atoms with Crippen LogP contribution in [0.1, 0.15) is 64.5 Å². The van der Waals surface area contributed by atoms with Gasteiger partial charge in [0.15, 0.2) is 0 Å². The van der Waals surface area contributed by atoms with Gasteiger partial charge in [-0.25, -0.2) is 0 Å². The fraction of sp³-hybridized carbons (Fsp3) is 0.625. The standard InChI is InChI=1S/C16H26N2O2/c1-4-8-14(6-3)17-16(9-5-2)13-10-7-11-15(12-13)18(19)20/h7,10-12,14,16-17H,4-6,8-9H2,1-3H3. The first-order valence-corrected chi connectivity index (χ1v) is 7.62. The van der Waals surface area contributed by atoms with Crippen molar-refractivity contribution in [2.45, 2.75) is 65.0 Å². The van der Waals surface area contributed by atoms with Crippen molar-refractivity contribution in [3.8, 4) is 0 Å². The van der Waals surface area contributed by atoms with Crippen molar-refractivity contribution in [2.75, 3.05) is 0 Å². The second-order valence-electron chi connectivity index (χ2n) is 5.25. The smallest absolute Gasteiger partial charge is 0.269 e. The topological polar surface area (TPSA) is 55.2 Å². The SMILES string of the molecule is CCCC(CC)NC(CCC)c1cccc([N+](=O)[O-])c1. The second-order valence-corrected chi connectivity index (χ2v) is 5.25. The lowest BCUT2D eigenvalue weighted by atomic mass is 9.99. The molecule has 0 aliphatic carbocycles. The van der Waals surface area contributed by atoms with Crippen LogP contribution in [-0.2, 0) is 0 Å². The Morgan fingerprint density at radius 3 is 2.45 bits per heavy atom. The third-order valence-corrected chi connectivity index (χ3v) is 3.63. The van der Waals surface area contributed by atoms with Crippen LogP contribution >= 0.6 is 0 Å². The van der Waals surface area contributed by atoms with E-state index in [1.54, 1.807) is 18.2 Å². The van der Waals surface area contributed by atoms with E-state index in [-0.39, 0.29) is 16.7 Å². The summed E-state index contributed by atoms with van der Waals surface area (Å²) in [5.74, 6) is 0. The number of nitrogens with one attached hydrogen (secondary N) is 1. The maximum atomic E-state index is 10.9. The Morgan fingerprint density at radius 2 is 1.90 bits per heavy atom. The van der Waals surface area contributed by atoms with E-state index >= 15 is 0 Å². The van der Waals surface area contributed by atoms with Gasteiger partial charge in [-0.05, 0) is 24.8 Å². The first kappa shape index (κ1) is 16.6. The molecule has 0 saturated heterocycles. The zero-order valence-electron chi connectivity index (χ0n) is 12.8. The molecule has 0 heterocycles. The van der Waals surface area contributed by atoms with Crippen LogP contribution in [0.4, 0.5) is 5.69 Å². The summed E-state index contributed by atoms with van der Waals surface area (Å²) in [6, 6.07) is 7.70. The van der Waals surface area contributed by atoms with E-state index in [2.05, 4.69) is 26.1 Å². The molecule has 1 aromatic carbocycles. The molecule has 0 bridgehead atoms. The van der Waals surface area contributed by atoms with Gasteiger partial charge in [-0.3, -0.25) is 10.1 Å². The summed E-state index contributed by atoms with van der Waals surface area (Å²) >= 11 is 0. The van der Waals surface area contributed by atoms with Crippen LogP contribution in [0.5, 0.6) is 0 Å². The third-order valence-electron chi connectivity index (χ3n) is 3.63. The first-order chi connectivity index (χ1) is 9.62.